The maximum atomic E-state index is 11.5. The molecule has 38 heavy (non-hydrogen) atoms. The maximum absolute atomic E-state index is 11.5. The highest BCUT2D eigenvalue weighted by Crippen LogP contribution is 2.34. The maximum Gasteiger partial charge on any atom is 0.334 e. The topological polar surface area (TPSA) is 164 Å². The van der Waals surface area contributed by atoms with Crippen molar-refractivity contribution in [3.05, 3.63) is 58.7 Å². The average molecular weight is 528 g/mol. The molecule has 2 heterocycles. The first-order valence-electron chi connectivity index (χ1n) is 11.0. The predicted octanol–water partition coefficient (Wildman–Crippen LogP) is 2.89. The van der Waals surface area contributed by atoms with E-state index in [0.717, 1.165) is 0 Å². The van der Waals surface area contributed by atoms with E-state index >= 15 is 0 Å². The Balaban J connectivity index is 0.000000211. The Kier molecular flexibility index (Phi) is 9.30. The van der Waals surface area contributed by atoms with Crippen LogP contribution in [0.25, 0.3) is 12.2 Å². The van der Waals surface area contributed by atoms with Crippen LogP contribution >= 0.6 is 0 Å². The van der Waals surface area contributed by atoms with Gasteiger partial charge in [-0.1, -0.05) is 12.1 Å². The zero-order valence-electron chi connectivity index (χ0n) is 20.4. The van der Waals surface area contributed by atoms with Gasteiger partial charge in [0.1, 0.15) is 0 Å². The van der Waals surface area contributed by atoms with Gasteiger partial charge in [-0.2, -0.15) is 0 Å². The van der Waals surface area contributed by atoms with Gasteiger partial charge in [0.25, 0.3) is 0 Å². The van der Waals surface area contributed by atoms with Crippen LogP contribution in [0.5, 0.6) is 23.0 Å². The van der Waals surface area contributed by atoms with Crippen molar-refractivity contribution in [1.82, 2.24) is 0 Å². The lowest BCUT2D eigenvalue weighted by molar-refractivity contribution is -0.141. The van der Waals surface area contributed by atoms with Crippen LogP contribution in [-0.4, -0.2) is 61.9 Å². The lowest BCUT2D eigenvalue weighted by Crippen LogP contribution is -2.09. The van der Waals surface area contributed by atoms with Crippen molar-refractivity contribution in [3.8, 4) is 23.0 Å². The fourth-order valence-corrected chi connectivity index (χ4v) is 3.36. The number of rotatable bonds is 8. The second-order valence-electron chi connectivity index (χ2n) is 7.69. The number of methoxy groups -OCH3 is 2. The van der Waals surface area contributed by atoms with E-state index in [0.29, 0.717) is 34.1 Å². The molecule has 2 aliphatic rings. The number of carbonyl (C=O) groups is 4. The standard InChI is InChI=1S/2C13H12O6/c2*1-17-13(16)9(6-12(14)15)4-8-2-3-10-11(5-8)19-7-18-10/h2*2-5H,6-7H2,1H3,(H,14,15)/b2*9-4+. The molecule has 0 atom stereocenters. The summed E-state index contributed by atoms with van der Waals surface area (Å²) in [7, 11) is 2.41. The predicted molar refractivity (Wildman–Crippen MR) is 130 cm³/mol. The number of esters is 2. The third-order valence-corrected chi connectivity index (χ3v) is 5.05. The highest BCUT2D eigenvalue weighted by molar-refractivity contribution is 5.98. The van der Waals surface area contributed by atoms with Gasteiger partial charge in [0.05, 0.1) is 27.1 Å². The number of carboxylic acids is 2. The molecule has 12 nitrogen and oxygen atoms in total. The molecule has 0 amide bonds. The van der Waals surface area contributed by atoms with E-state index in [1.54, 1.807) is 36.4 Å². The Bertz CT molecular complexity index is 1190. The number of hydrogen-bond acceptors (Lipinski definition) is 10. The number of hydrogen-bond donors (Lipinski definition) is 2. The van der Waals surface area contributed by atoms with Crippen LogP contribution in [0, 0.1) is 0 Å². The summed E-state index contributed by atoms with van der Waals surface area (Å²) in [5.41, 5.74) is 1.42. The molecular weight excluding hydrogens is 504 g/mol. The van der Waals surface area contributed by atoms with Crippen LogP contribution in [-0.2, 0) is 28.7 Å². The van der Waals surface area contributed by atoms with Crippen LogP contribution in [0.1, 0.15) is 24.0 Å². The van der Waals surface area contributed by atoms with Crippen LogP contribution in [0.2, 0.25) is 0 Å². The van der Waals surface area contributed by atoms with Crippen molar-refractivity contribution in [1.29, 1.82) is 0 Å². The zero-order valence-corrected chi connectivity index (χ0v) is 20.4. The first-order valence-corrected chi connectivity index (χ1v) is 11.0. The van der Waals surface area contributed by atoms with Gasteiger partial charge in [-0.3, -0.25) is 9.59 Å². The van der Waals surface area contributed by atoms with Crippen molar-refractivity contribution < 1.29 is 57.8 Å². The number of aliphatic carboxylic acids is 2. The Morgan fingerprint density at radius 3 is 1.39 bits per heavy atom. The minimum Gasteiger partial charge on any atom is -0.481 e. The summed E-state index contributed by atoms with van der Waals surface area (Å²) in [6.07, 6.45) is 2.12. The highest BCUT2D eigenvalue weighted by atomic mass is 16.7. The summed E-state index contributed by atoms with van der Waals surface area (Å²) < 4.78 is 29.8. The zero-order chi connectivity index (χ0) is 27.7. The lowest BCUT2D eigenvalue weighted by atomic mass is 10.1. The van der Waals surface area contributed by atoms with Crippen molar-refractivity contribution in [2.24, 2.45) is 0 Å². The largest absolute Gasteiger partial charge is 0.481 e. The molecule has 0 spiro atoms. The summed E-state index contributed by atoms with van der Waals surface area (Å²) >= 11 is 0. The van der Waals surface area contributed by atoms with Gasteiger partial charge in [-0.05, 0) is 47.5 Å². The molecule has 0 fully saturated rings. The Hall–Kier alpha value is -5.00. The number of ether oxygens (including phenoxy) is 6. The van der Waals surface area contributed by atoms with Crippen molar-refractivity contribution >= 4 is 36.0 Å². The number of fused-ring (bicyclic) bond motifs is 2. The first-order chi connectivity index (χ1) is 18.2. The second-order valence-corrected chi connectivity index (χ2v) is 7.69. The molecule has 12 heteroatoms. The fourth-order valence-electron chi connectivity index (χ4n) is 3.36. The molecule has 0 aliphatic carbocycles. The molecule has 2 aromatic rings. The SMILES string of the molecule is COC(=O)/C(=C/c1ccc2c(c1)OCO2)CC(=O)O.COC(=O)/C(=C/c1ccc2c(c1)OCO2)CC(=O)O. The number of benzene rings is 2. The van der Waals surface area contributed by atoms with E-state index < -0.39 is 36.7 Å². The van der Waals surface area contributed by atoms with Gasteiger partial charge < -0.3 is 38.6 Å². The normalized spacial score (nSPS) is 13.2. The van der Waals surface area contributed by atoms with E-state index in [4.69, 9.17) is 29.2 Å². The summed E-state index contributed by atoms with van der Waals surface area (Å²) in [6, 6.07) is 10.2. The minimum atomic E-state index is -1.10. The number of carboxylic acid groups (broad SMARTS) is 2. The molecule has 200 valence electrons. The molecule has 0 bridgehead atoms. The Morgan fingerprint density at radius 2 is 1.05 bits per heavy atom. The third-order valence-electron chi connectivity index (χ3n) is 5.05. The molecule has 0 aromatic heterocycles. The Morgan fingerprint density at radius 1 is 0.684 bits per heavy atom. The molecule has 0 saturated heterocycles. The van der Waals surface area contributed by atoms with E-state index in [2.05, 4.69) is 9.47 Å². The molecule has 2 aliphatic heterocycles. The van der Waals surface area contributed by atoms with Gasteiger partial charge >= 0.3 is 23.9 Å². The summed E-state index contributed by atoms with van der Waals surface area (Å²) in [4.78, 5) is 44.4. The molecule has 0 unspecified atom stereocenters. The smallest absolute Gasteiger partial charge is 0.334 e. The molecule has 2 aromatic carbocycles. The van der Waals surface area contributed by atoms with Crippen LogP contribution < -0.4 is 18.9 Å². The lowest BCUT2D eigenvalue weighted by Gasteiger charge is -2.03. The van der Waals surface area contributed by atoms with Crippen molar-refractivity contribution in [3.63, 3.8) is 0 Å². The minimum absolute atomic E-state index is 0.0638. The van der Waals surface area contributed by atoms with Gasteiger partial charge in [0.2, 0.25) is 13.6 Å². The Labute approximate surface area is 216 Å². The highest BCUT2D eigenvalue weighted by Gasteiger charge is 2.18. The van der Waals surface area contributed by atoms with E-state index in [-0.39, 0.29) is 24.7 Å². The molecular formula is C26H24O12. The first kappa shape index (κ1) is 27.6. The average Bonchev–Trinajstić information content (AvgIpc) is 3.55. The van der Waals surface area contributed by atoms with Gasteiger partial charge in [0, 0.05) is 11.1 Å². The van der Waals surface area contributed by atoms with Crippen LogP contribution in [0.15, 0.2) is 47.5 Å². The summed E-state index contributed by atoms with van der Waals surface area (Å²) in [5, 5.41) is 17.5. The van der Waals surface area contributed by atoms with Gasteiger partial charge in [0.15, 0.2) is 23.0 Å². The molecule has 0 radical (unpaired) electrons. The van der Waals surface area contributed by atoms with Gasteiger partial charge in [-0.15, -0.1) is 0 Å². The van der Waals surface area contributed by atoms with E-state index in [9.17, 15) is 19.2 Å². The number of carbonyl (C=O) groups excluding carboxylic acids is 2. The van der Waals surface area contributed by atoms with E-state index in [1.165, 1.54) is 26.4 Å². The van der Waals surface area contributed by atoms with Crippen LogP contribution in [0.4, 0.5) is 0 Å². The summed E-state index contributed by atoms with van der Waals surface area (Å²) in [5.74, 6) is -1.17. The van der Waals surface area contributed by atoms with Crippen molar-refractivity contribution in [2.75, 3.05) is 27.8 Å². The van der Waals surface area contributed by atoms with Crippen LogP contribution in [0.3, 0.4) is 0 Å². The quantitative estimate of drug-likeness (QED) is 0.381. The third kappa shape index (κ3) is 7.50. The molecule has 2 N–H and O–H groups in total. The van der Waals surface area contributed by atoms with Crippen molar-refractivity contribution in [2.45, 2.75) is 12.8 Å². The second kappa shape index (κ2) is 12.8. The summed E-state index contributed by atoms with van der Waals surface area (Å²) in [6.45, 7) is 0.309. The molecule has 0 saturated carbocycles. The fraction of sp³-hybridized carbons (Fsp3) is 0.231. The monoisotopic (exact) mass is 528 g/mol. The van der Waals surface area contributed by atoms with Gasteiger partial charge in [-0.25, -0.2) is 9.59 Å². The molecule has 4 rings (SSSR count). The van der Waals surface area contributed by atoms with E-state index in [1.807, 2.05) is 0 Å².